The van der Waals surface area contributed by atoms with Crippen molar-refractivity contribution in [2.75, 3.05) is 12.4 Å². The number of ether oxygens (including phenoxy) is 2. The number of nitrogens with zero attached hydrogens (tertiary/aromatic N) is 3. The lowest BCUT2D eigenvalue weighted by Gasteiger charge is -2.09. The van der Waals surface area contributed by atoms with Crippen molar-refractivity contribution < 1.29 is 23.9 Å². The smallest absolute Gasteiger partial charge is 0.266 e. The molecule has 9 rings (SSSR count). The normalized spacial score (nSPS) is 12.0. The van der Waals surface area contributed by atoms with E-state index in [1.54, 1.807) is 48.5 Å². The zero-order chi connectivity index (χ0) is 42.4. The Kier molecular flexibility index (Phi) is 9.85. The van der Waals surface area contributed by atoms with Crippen molar-refractivity contribution in [2.24, 2.45) is 7.05 Å². The first-order chi connectivity index (χ1) is 28.8. The van der Waals surface area contributed by atoms with Gasteiger partial charge in [-0.2, -0.15) is 0 Å². The number of aryl methyl sites for hydroxylation is 2. The highest BCUT2D eigenvalue weighted by molar-refractivity contribution is 6.22. The van der Waals surface area contributed by atoms with E-state index in [4.69, 9.17) is 9.47 Å². The number of carbonyl (C=O) groups is 3. The first kappa shape index (κ1) is 38.7. The molecule has 0 radical (unpaired) electrons. The van der Waals surface area contributed by atoms with Crippen LogP contribution in [0.4, 0.5) is 5.69 Å². The number of rotatable bonds is 7. The van der Waals surface area contributed by atoms with Gasteiger partial charge >= 0.3 is 0 Å². The molecule has 1 aliphatic heterocycles. The van der Waals surface area contributed by atoms with E-state index in [0.29, 0.717) is 39.8 Å². The fourth-order valence-electron chi connectivity index (χ4n) is 6.79. The average molecular weight is 799 g/mol. The third kappa shape index (κ3) is 7.15. The Balaban J connectivity index is 0.000000167. The molecular weight excluding hydrogens is 765 g/mol. The highest BCUT2D eigenvalue weighted by Crippen LogP contribution is 2.26. The maximum Gasteiger partial charge on any atom is 0.266 e. The van der Waals surface area contributed by atoms with Gasteiger partial charge in [0.15, 0.2) is 0 Å². The van der Waals surface area contributed by atoms with Gasteiger partial charge in [0.2, 0.25) is 0 Å². The van der Waals surface area contributed by atoms with E-state index in [2.05, 4.69) is 5.32 Å². The highest BCUT2D eigenvalue weighted by Gasteiger charge is 2.33. The molecule has 1 aliphatic rings. The molecule has 1 N–H and O–H groups in total. The Labute approximate surface area is 340 Å². The molecule has 0 saturated carbocycles. The van der Waals surface area contributed by atoms with Crippen LogP contribution < -0.4 is 37.0 Å². The van der Waals surface area contributed by atoms with Crippen LogP contribution in [0.15, 0.2) is 147 Å². The molecule has 0 saturated heterocycles. The molecule has 296 valence electrons. The second-order valence-corrected chi connectivity index (χ2v) is 14.3. The van der Waals surface area contributed by atoms with Crippen molar-refractivity contribution in [3.05, 3.63) is 197 Å². The average Bonchev–Trinajstić information content (AvgIpc) is 3.73. The number of nitrogens with one attached hydrogen (secondary N) is 1. The molecule has 0 fully saturated rings. The molecule has 60 heavy (non-hydrogen) atoms. The summed E-state index contributed by atoms with van der Waals surface area (Å²) in [7, 11) is 2.79. The van der Waals surface area contributed by atoms with Gasteiger partial charge in [0.1, 0.15) is 23.0 Å². The molecule has 6 aromatic carbocycles. The zero-order valence-electron chi connectivity index (χ0n) is 32.6. The summed E-state index contributed by atoms with van der Waals surface area (Å²) in [5, 5.41) is 3.27. The molecule has 13 nitrogen and oxygen atoms in total. The second kappa shape index (κ2) is 15.3. The van der Waals surface area contributed by atoms with E-state index in [1.165, 1.54) is 44.4 Å². The quantitative estimate of drug-likeness (QED) is 0.171. The fraction of sp³-hybridized carbons (Fsp3) is 0.0851. The minimum Gasteiger partial charge on any atom is -0.457 e. The van der Waals surface area contributed by atoms with E-state index in [9.17, 15) is 33.6 Å². The van der Waals surface area contributed by atoms with Gasteiger partial charge in [-0.25, -0.2) is 4.57 Å². The molecule has 0 spiro atoms. The third-order valence-electron chi connectivity index (χ3n) is 10.2. The monoisotopic (exact) mass is 798 g/mol. The Morgan fingerprint density at radius 3 is 1.38 bits per heavy atom. The van der Waals surface area contributed by atoms with Crippen molar-refractivity contribution >= 4 is 45.0 Å². The molecule has 3 amide bonds. The highest BCUT2D eigenvalue weighted by atomic mass is 16.5. The summed E-state index contributed by atoms with van der Waals surface area (Å²) in [6.07, 6.45) is 0. The number of carbonyl (C=O) groups excluding carboxylic acids is 3. The number of imide groups is 1. The van der Waals surface area contributed by atoms with Gasteiger partial charge in [0.05, 0.1) is 38.4 Å². The lowest BCUT2D eigenvalue weighted by Crippen LogP contribution is -2.24. The van der Waals surface area contributed by atoms with Crippen molar-refractivity contribution in [1.29, 1.82) is 0 Å². The van der Waals surface area contributed by atoms with Gasteiger partial charge < -0.3 is 14.8 Å². The summed E-state index contributed by atoms with van der Waals surface area (Å²) in [6.45, 7) is 3.99. The van der Waals surface area contributed by atoms with E-state index in [1.807, 2.05) is 62.4 Å². The summed E-state index contributed by atoms with van der Waals surface area (Å²) in [4.78, 5) is 88.0. The topological polar surface area (TPSA) is 163 Å². The summed E-state index contributed by atoms with van der Waals surface area (Å²) in [5.41, 5.74) is 2.05. The third-order valence-corrected chi connectivity index (χ3v) is 10.2. The van der Waals surface area contributed by atoms with Crippen molar-refractivity contribution in [3.63, 3.8) is 0 Å². The van der Waals surface area contributed by atoms with Crippen LogP contribution in [0.1, 0.15) is 42.2 Å². The van der Waals surface area contributed by atoms with Crippen molar-refractivity contribution in [1.82, 2.24) is 14.0 Å². The van der Waals surface area contributed by atoms with Crippen LogP contribution in [0, 0.1) is 13.8 Å². The van der Waals surface area contributed by atoms with Gasteiger partial charge in [-0.15, -0.1) is 0 Å². The summed E-state index contributed by atoms with van der Waals surface area (Å²) in [6, 6.07) is 36.0. The predicted molar refractivity (Wildman–Crippen MR) is 227 cm³/mol. The van der Waals surface area contributed by atoms with E-state index in [0.717, 1.165) is 30.9 Å². The molecule has 0 unspecified atom stereocenters. The largest absolute Gasteiger partial charge is 0.457 e. The summed E-state index contributed by atoms with van der Waals surface area (Å²) < 4.78 is 13.6. The SMILES string of the molecule is Cc1ccc(Oc2ccc(-n3c(=O)c4cc5c(=O)n(C)c(=O)c5cc4c3=O)cc2)cc1.Cc1ccc(Oc2ccc(NC(=O)c3ccc4c(c3)C(=O)N(C)C4=O)cc2)cc1. The van der Waals surface area contributed by atoms with E-state index in [-0.39, 0.29) is 38.9 Å². The molecule has 0 aliphatic carbocycles. The van der Waals surface area contributed by atoms with Crippen LogP contribution in [0.25, 0.3) is 27.2 Å². The van der Waals surface area contributed by atoms with Crippen molar-refractivity contribution in [2.45, 2.75) is 13.8 Å². The molecule has 8 aromatic rings. The molecule has 0 atom stereocenters. The number of amides is 3. The van der Waals surface area contributed by atoms with Crippen LogP contribution in [-0.2, 0) is 7.05 Å². The van der Waals surface area contributed by atoms with Gasteiger partial charge in [0, 0.05) is 25.3 Å². The lowest BCUT2D eigenvalue weighted by atomic mass is 10.1. The van der Waals surface area contributed by atoms with Crippen molar-refractivity contribution in [3.8, 4) is 28.7 Å². The standard InChI is InChI=1S/C24H16N2O5.C23H18N2O4/c1-13-3-7-15(8-4-13)31-16-9-5-14(6-10-16)26-23(29)19-11-17-18(12-20(19)24(26)30)22(28)25(2)21(17)27;1-14-3-8-17(9-4-14)29-18-10-6-16(7-11-18)24-21(26)15-5-12-19-20(13-15)23(28)25(2)22(19)27/h3-12H,1-2H3;3-13H,1-2H3,(H,24,26). The number of anilines is 1. The van der Waals surface area contributed by atoms with Gasteiger partial charge in [-0.3, -0.25) is 43.0 Å². The maximum atomic E-state index is 12.9. The number of hydrogen-bond acceptors (Lipinski definition) is 9. The van der Waals surface area contributed by atoms with Gasteiger partial charge in [-0.05, 0) is 117 Å². The minimum absolute atomic E-state index is 0.111. The lowest BCUT2D eigenvalue weighted by molar-refractivity contribution is 0.0693. The molecular formula is C47H34N4O9. The predicted octanol–water partition coefficient (Wildman–Crippen LogP) is 6.80. The van der Waals surface area contributed by atoms with Gasteiger partial charge in [0.25, 0.3) is 40.0 Å². The minimum atomic E-state index is -0.537. The van der Waals surface area contributed by atoms with Crippen LogP contribution in [0.3, 0.4) is 0 Å². The summed E-state index contributed by atoms with van der Waals surface area (Å²) in [5.74, 6) is 1.48. The zero-order valence-corrected chi connectivity index (χ0v) is 32.6. The Bertz CT molecular complexity index is 3150. The second-order valence-electron chi connectivity index (χ2n) is 14.3. The summed E-state index contributed by atoms with van der Waals surface area (Å²) >= 11 is 0. The number of hydrogen-bond donors (Lipinski definition) is 1. The Hall–Kier alpha value is -8.19. The maximum absolute atomic E-state index is 12.9. The van der Waals surface area contributed by atoms with Crippen LogP contribution >= 0.6 is 0 Å². The Morgan fingerprint density at radius 2 is 0.900 bits per heavy atom. The van der Waals surface area contributed by atoms with Crippen LogP contribution in [-0.4, -0.2) is 38.8 Å². The van der Waals surface area contributed by atoms with Crippen LogP contribution in [0.2, 0.25) is 0 Å². The molecule has 13 heteroatoms. The Morgan fingerprint density at radius 1 is 0.483 bits per heavy atom. The van der Waals surface area contributed by atoms with E-state index < -0.39 is 28.1 Å². The molecule has 3 heterocycles. The molecule has 2 aromatic heterocycles. The van der Waals surface area contributed by atoms with E-state index >= 15 is 0 Å². The first-order valence-electron chi connectivity index (χ1n) is 18.6. The number of fused-ring (bicyclic) bond motifs is 3. The number of benzene rings is 6. The first-order valence-corrected chi connectivity index (χ1v) is 18.6. The van der Waals surface area contributed by atoms with Gasteiger partial charge in [-0.1, -0.05) is 35.4 Å². The number of aromatic nitrogens is 2. The van der Waals surface area contributed by atoms with Crippen LogP contribution in [0.5, 0.6) is 23.0 Å². The fourth-order valence-corrected chi connectivity index (χ4v) is 6.79. The molecule has 0 bridgehead atoms.